The third kappa shape index (κ3) is 8.42. The molecule has 1 atom stereocenters. The van der Waals surface area contributed by atoms with E-state index in [1.165, 1.54) is 49.9 Å². The number of anilines is 1. The van der Waals surface area contributed by atoms with Gasteiger partial charge in [0.1, 0.15) is 5.82 Å². The number of hydrogen-bond acceptors (Lipinski definition) is 3. The van der Waals surface area contributed by atoms with Gasteiger partial charge in [0.15, 0.2) is 5.96 Å². The van der Waals surface area contributed by atoms with Gasteiger partial charge >= 0.3 is 0 Å². The molecule has 8 heteroatoms. The van der Waals surface area contributed by atoms with E-state index in [9.17, 15) is 9.18 Å². The van der Waals surface area contributed by atoms with Crippen molar-refractivity contribution in [3.05, 3.63) is 30.1 Å². The lowest BCUT2D eigenvalue weighted by atomic mass is 10.0. The number of halogens is 2. The van der Waals surface area contributed by atoms with Gasteiger partial charge in [0, 0.05) is 31.9 Å². The molecule has 1 aliphatic rings. The Morgan fingerprint density at radius 2 is 2.00 bits per heavy atom. The lowest BCUT2D eigenvalue weighted by molar-refractivity contribution is -0.115. The zero-order chi connectivity index (χ0) is 18.8. The van der Waals surface area contributed by atoms with Crippen LogP contribution in [0.4, 0.5) is 10.1 Å². The molecule has 0 spiro atoms. The number of carbonyl (C=O) groups excluding carboxylic acids is 1. The minimum Gasteiger partial charge on any atom is -0.355 e. The molecule has 3 N–H and O–H groups in total. The summed E-state index contributed by atoms with van der Waals surface area (Å²) in [6.07, 6.45) is 5.07. The number of aliphatic imine (C=N–C) groups is 1. The molecule has 1 amide bonds. The zero-order valence-electron chi connectivity index (χ0n) is 16.1. The van der Waals surface area contributed by atoms with Crippen molar-refractivity contribution in [1.82, 2.24) is 15.5 Å². The van der Waals surface area contributed by atoms with Crippen molar-refractivity contribution < 1.29 is 9.18 Å². The van der Waals surface area contributed by atoms with Crippen LogP contribution in [0.15, 0.2) is 29.3 Å². The number of hydrogen-bond donors (Lipinski definition) is 3. The first-order valence-corrected chi connectivity index (χ1v) is 9.36. The van der Waals surface area contributed by atoms with Gasteiger partial charge in [0.2, 0.25) is 5.91 Å². The second-order valence-corrected chi connectivity index (χ2v) is 6.50. The van der Waals surface area contributed by atoms with Gasteiger partial charge in [-0.15, -0.1) is 24.0 Å². The molecule has 1 fully saturated rings. The van der Waals surface area contributed by atoms with Crippen molar-refractivity contribution in [1.29, 1.82) is 0 Å². The molecule has 1 aliphatic heterocycles. The van der Waals surface area contributed by atoms with Crippen LogP contribution >= 0.6 is 24.0 Å². The van der Waals surface area contributed by atoms with E-state index in [1.807, 2.05) is 0 Å². The maximum absolute atomic E-state index is 12.9. The number of carbonyl (C=O) groups is 1. The minimum atomic E-state index is -0.329. The second-order valence-electron chi connectivity index (χ2n) is 6.50. The average Bonchev–Trinajstić information content (AvgIpc) is 2.66. The fourth-order valence-electron chi connectivity index (χ4n) is 3.26. The SMILES string of the molecule is CCC1CCCCN1CCNC(=NC)NCC(=O)Nc1ccc(F)cc1.I. The predicted octanol–water partition coefficient (Wildman–Crippen LogP) is 2.81. The number of guanidine groups is 1. The molecule has 27 heavy (non-hydrogen) atoms. The van der Waals surface area contributed by atoms with Gasteiger partial charge in [-0.2, -0.15) is 0 Å². The highest BCUT2D eigenvalue weighted by atomic mass is 127. The van der Waals surface area contributed by atoms with Crippen LogP contribution in [0, 0.1) is 5.82 Å². The first-order chi connectivity index (χ1) is 12.6. The summed E-state index contributed by atoms with van der Waals surface area (Å²) in [7, 11) is 1.68. The van der Waals surface area contributed by atoms with Crippen LogP contribution < -0.4 is 16.0 Å². The van der Waals surface area contributed by atoms with Crippen LogP contribution in [-0.4, -0.2) is 56.0 Å². The Hall–Kier alpha value is -1.42. The van der Waals surface area contributed by atoms with Crippen molar-refractivity contribution in [2.45, 2.75) is 38.6 Å². The average molecular weight is 491 g/mol. The van der Waals surface area contributed by atoms with E-state index >= 15 is 0 Å². The standard InChI is InChI=1S/C19H30FN5O.HI/c1-3-17-6-4-5-12-25(17)13-11-22-19(21-2)23-14-18(26)24-16-9-7-15(20)8-10-16;/h7-10,17H,3-6,11-14H2,1-2H3,(H,24,26)(H2,21,22,23);1H. The highest BCUT2D eigenvalue weighted by Crippen LogP contribution is 2.18. The number of likely N-dealkylation sites (tertiary alicyclic amines) is 1. The highest BCUT2D eigenvalue weighted by molar-refractivity contribution is 14.0. The van der Waals surface area contributed by atoms with Gasteiger partial charge in [-0.3, -0.25) is 14.7 Å². The van der Waals surface area contributed by atoms with Crippen LogP contribution in [0.5, 0.6) is 0 Å². The largest absolute Gasteiger partial charge is 0.355 e. The molecule has 0 saturated carbocycles. The summed E-state index contributed by atoms with van der Waals surface area (Å²) in [5.74, 6) is 0.0655. The Labute approximate surface area is 178 Å². The van der Waals surface area contributed by atoms with Gasteiger partial charge in [-0.25, -0.2) is 4.39 Å². The quantitative estimate of drug-likeness (QED) is 0.312. The number of benzene rings is 1. The summed E-state index contributed by atoms with van der Waals surface area (Å²) in [6.45, 7) is 5.26. The monoisotopic (exact) mass is 491 g/mol. The molecule has 0 radical (unpaired) electrons. The van der Waals surface area contributed by atoms with Crippen molar-refractivity contribution in [3.63, 3.8) is 0 Å². The summed E-state index contributed by atoms with van der Waals surface area (Å²) in [4.78, 5) is 18.6. The molecule has 6 nitrogen and oxygen atoms in total. The van der Waals surface area contributed by atoms with Crippen molar-refractivity contribution in [3.8, 4) is 0 Å². The predicted molar refractivity (Wildman–Crippen MR) is 119 cm³/mol. The maximum Gasteiger partial charge on any atom is 0.243 e. The van der Waals surface area contributed by atoms with E-state index in [2.05, 4.69) is 32.8 Å². The Balaban J connectivity index is 0.00000364. The van der Waals surface area contributed by atoms with E-state index in [4.69, 9.17) is 0 Å². The van der Waals surface area contributed by atoms with Crippen molar-refractivity contribution >= 4 is 41.5 Å². The lowest BCUT2D eigenvalue weighted by Gasteiger charge is -2.35. The Kier molecular flexibility index (Phi) is 11.3. The molecule has 1 unspecified atom stereocenters. The van der Waals surface area contributed by atoms with Crippen LogP contribution in [0.25, 0.3) is 0 Å². The molecule has 1 saturated heterocycles. The summed E-state index contributed by atoms with van der Waals surface area (Å²) in [5.41, 5.74) is 0.567. The van der Waals surface area contributed by atoms with Gasteiger partial charge < -0.3 is 16.0 Å². The summed E-state index contributed by atoms with van der Waals surface area (Å²) < 4.78 is 12.9. The van der Waals surface area contributed by atoms with Crippen LogP contribution in [0.1, 0.15) is 32.6 Å². The number of nitrogens with zero attached hydrogens (tertiary/aromatic N) is 2. The fourth-order valence-corrected chi connectivity index (χ4v) is 3.26. The van der Waals surface area contributed by atoms with Gasteiger partial charge in [-0.1, -0.05) is 13.3 Å². The number of piperidine rings is 1. The summed E-state index contributed by atoms with van der Waals surface area (Å²) in [6, 6.07) is 6.37. The minimum absolute atomic E-state index is 0. The lowest BCUT2D eigenvalue weighted by Crippen LogP contribution is -2.47. The van der Waals surface area contributed by atoms with E-state index in [0.717, 1.165) is 19.6 Å². The molecule has 0 aromatic heterocycles. The maximum atomic E-state index is 12.9. The summed E-state index contributed by atoms with van der Waals surface area (Å²) in [5, 5.41) is 8.96. The number of rotatable bonds is 7. The topological polar surface area (TPSA) is 68.8 Å². The van der Waals surface area contributed by atoms with E-state index in [1.54, 1.807) is 7.05 Å². The van der Waals surface area contributed by atoms with Crippen molar-refractivity contribution in [2.24, 2.45) is 4.99 Å². The van der Waals surface area contributed by atoms with Crippen molar-refractivity contribution in [2.75, 3.05) is 38.5 Å². The number of amides is 1. The smallest absolute Gasteiger partial charge is 0.243 e. The first-order valence-electron chi connectivity index (χ1n) is 9.36. The highest BCUT2D eigenvalue weighted by Gasteiger charge is 2.19. The Morgan fingerprint density at radius 3 is 2.67 bits per heavy atom. The third-order valence-corrected chi connectivity index (χ3v) is 4.68. The van der Waals surface area contributed by atoms with Crippen LogP contribution in [0.2, 0.25) is 0 Å². The summed E-state index contributed by atoms with van der Waals surface area (Å²) >= 11 is 0. The van der Waals surface area contributed by atoms with E-state index < -0.39 is 0 Å². The first kappa shape index (κ1) is 23.6. The molecule has 2 rings (SSSR count). The third-order valence-electron chi connectivity index (χ3n) is 4.68. The zero-order valence-corrected chi connectivity index (χ0v) is 18.5. The van der Waals surface area contributed by atoms with E-state index in [0.29, 0.717) is 17.7 Å². The normalized spacial score (nSPS) is 17.7. The molecule has 1 heterocycles. The van der Waals surface area contributed by atoms with Crippen LogP contribution in [0.3, 0.4) is 0 Å². The van der Waals surface area contributed by atoms with Gasteiger partial charge in [0.25, 0.3) is 0 Å². The van der Waals surface area contributed by atoms with E-state index in [-0.39, 0.29) is 42.2 Å². The van der Waals surface area contributed by atoms with Gasteiger partial charge in [0.05, 0.1) is 6.54 Å². The molecule has 1 aromatic carbocycles. The Morgan fingerprint density at radius 1 is 1.26 bits per heavy atom. The molecular weight excluding hydrogens is 460 g/mol. The Bertz CT molecular complexity index is 596. The van der Waals surface area contributed by atoms with Gasteiger partial charge in [-0.05, 0) is 50.1 Å². The second kappa shape index (κ2) is 12.9. The molecular formula is C19H31FIN5O. The number of nitrogens with one attached hydrogen (secondary N) is 3. The van der Waals surface area contributed by atoms with Crippen LogP contribution in [-0.2, 0) is 4.79 Å². The molecule has 0 bridgehead atoms. The molecule has 0 aliphatic carbocycles. The molecule has 152 valence electrons. The fraction of sp³-hybridized carbons (Fsp3) is 0.579. The molecule has 1 aromatic rings.